The summed E-state index contributed by atoms with van der Waals surface area (Å²) >= 11 is 1.67. The van der Waals surface area contributed by atoms with Crippen LogP contribution in [-0.2, 0) is 12.8 Å². The average Bonchev–Trinajstić information content (AvgIpc) is 2.98. The lowest BCUT2D eigenvalue weighted by molar-refractivity contribution is 0.354. The molecule has 132 valence electrons. The Labute approximate surface area is 157 Å². The maximum absolute atomic E-state index is 5.49. The number of benzene rings is 2. The molecule has 0 fully saturated rings. The van der Waals surface area contributed by atoms with Gasteiger partial charge in [-0.1, -0.05) is 41.7 Å². The number of nitrogens with zero attached hydrogens (tertiary/aromatic N) is 1. The molecule has 0 radical (unpaired) electrons. The third-order valence-electron chi connectivity index (χ3n) is 4.45. The summed E-state index contributed by atoms with van der Waals surface area (Å²) in [6.07, 6.45) is 6.01. The highest BCUT2D eigenvalue weighted by Crippen LogP contribution is 2.36. The average molecular weight is 364 g/mol. The van der Waals surface area contributed by atoms with Gasteiger partial charge in [-0.25, -0.2) is 4.98 Å². The van der Waals surface area contributed by atoms with Gasteiger partial charge in [0.1, 0.15) is 10.0 Å². The Morgan fingerprint density at radius 3 is 2.73 bits per heavy atom. The van der Waals surface area contributed by atoms with E-state index in [-0.39, 0.29) is 0 Å². The van der Waals surface area contributed by atoms with Crippen molar-refractivity contribution in [2.75, 3.05) is 19.5 Å². The van der Waals surface area contributed by atoms with Crippen LogP contribution in [0.3, 0.4) is 0 Å². The third kappa shape index (κ3) is 3.18. The minimum atomic E-state index is 0.725. The van der Waals surface area contributed by atoms with Gasteiger partial charge in [0.2, 0.25) is 0 Å². The van der Waals surface area contributed by atoms with E-state index >= 15 is 0 Å². The summed E-state index contributed by atoms with van der Waals surface area (Å²) in [5.41, 5.74) is 4.62. The molecule has 0 saturated carbocycles. The van der Waals surface area contributed by atoms with Crippen molar-refractivity contribution in [1.29, 1.82) is 0 Å². The summed E-state index contributed by atoms with van der Waals surface area (Å²) in [7, 11) is 3.30. The van der Waals surface area contributed by atoms with Gasteiger partial charge in [-0.15, -0.1) is 0 Å². The Kier molecular flexibility index (Phi) is 4.63. The number of hydrogen-bond donors (Lipinski definition) is 1. The third-order valence-corrected chi connectivity index (χ3v) is 5.43. The highest BCUT2D eigenvalue weighted by molar-refractivity contribution is 7.16. The normalized spacial score (nSPS) is 12.8. The molecule has 4 nitrogen and oxygen atoms in total. The molecule has 1 aliphatic heterocycles. The number of aryl methyl sites for hydroxylation is 2. The lowest BCUT2D eigenvalue weighted by Gasteiger charge is -2.09. The molecule has 0 saturated heterocycles. The predicted molar refractivity (Wildman–Crippen MR) is 108 cm³/mol. The maximum Gasteiger partial charge on any atom is 0.167 e. The molecule has 2 aromatic carbocycles. The molecule has 0 aliphatic carbocycles. The number of thiazole rings is 1. The number of hydrogen-bond acceptors (Lipinski definition) is 5. The van der Waals surface area contributed by atoms with E-state index in [4.69, 9.17) is 14.5 Å². The lowest BCUT2D eigenvalue weighted by Crippen LogP contribution is -1.92. The maximum atomic E-state index is 5.49. The van der Waals surface area contributed by atoms with Crippen LogP contribution >= 0.6 is 11.3 Å². The van der Waals surface area contributed by atoms with E-state index in [0.717, 1.165) is 45.6 Å². The van der Waals surface area contributed by atoms with Crippen molar-refractivity contribution in [3.63, 3.8) is 0 Å². The SMILES string of the molecule is COc1cccc(/C=C/c2nc3c(s2)Nc2ccccc2CC3)c1OC. The van der Waals surface area contributed by atoms with E-state index in [1.54, 1.807) is 25.6 Å². The standard InChI is InChI=1S/C21H20N2O2S/c1-24-18-9-5-7-15(20(18)25-2)11-13-19-22-17-12-10-14-6-3-4-8-16(14)23-21(17)26-19/h3-9,11,13,23H,10,12H2,1-2H3/b13-11+. The molecule has 0 atom stereocenters. The van der Waals surface area contributed by atoms with E-state index in [2.05, 4.69) is 29.6 Å². The molecule has 2 heterocycles. The van der Waals surface area contributed by atoms with Crippen LogP contribution in [0.2, 0.25) is 0 Å². The molecule has 4 rings (SSSR count). The molecule has 5 heteroatoms. The summed E-state index contributed by atoms with van der Waals surface area (Å²) in [4.78, 5) is 4.80. The number of aromatic nitrogens is 1. The second kappa shape index (κ2) is 7.22. The minimum Gasteiger partial charge on any atom is -0.493 e. The fourth-order valence-corrected chi connectivity index (χ4v) is 4.08. The van der Waals surface area contributed by atoms with Crippen LogP contribution in [0.5, 0.6) is 11.5 Å². The van der Waals surface area contributed by atoms with Crippen LogP contribution in [0.4, 0.5) is 10.7 Å². The van der Waals surface area contributed by atoms with Crippen molar-refractivity contribution < 1.29 is 9.47 Å². The number of methoxy groups -OCH3 is 2. The van der Waals surface area contributed by atoms with Gasteiger partial charge in [-0.2, -0.15) is 0 Å². The Hall–Kier alpha value is -2.79. The van der Waals surface area contributed by atoms with E-state index in [1.165, 1.54) is 11.3 Å². The molecule has 0 unspecified atom stereocenters. The zero-order valence-corrected chi connectivity index (χ0v) is 15.6. The first-order valence-electron chi connectivity index (χ1n) is 8.52. The second-order valence-electron chi connectivity index (χ2n) is 6.03. The highest BCUT2D eigenvalue weighted by atomic mass is 32.1. The molecule has 0 bridgehead atoms. The Balaban J connectivity index is 1.61. The van der Waals surface area contributed by atoms with Crippen LogP contribution in [0, 0.1) is 0 Å². The van der Waals surface area contributed by atoms with Gasteiger partial charge in [0.05, 0.1) is 19.9 Å². The summed E-state index contributed by atoms with van der Waals surface area (Å²) in [5, 5.41) is 5.65. The number of anilines is 2. The van der Waals surface area contributed by atoms with Gasteiger partial charge in [0.15, 0.2) is 11.5 Å². The Bertz CT molecular complexity index is 962. The van der Waals surface area contributed by atoms with Gasteiger partial charge >= 0.3 is 0 Å². The number of rotatable bonds is 4. The monoisotopic (exact) mass is 364 g/mol. The molecular weight excluding hydrogens is 344 g/mol. The molecule has 1 aliphatic rings. The van der Waals surface area contributed by atoms with Crippen LogP contribution in [-0.4, -0.2) is 19.2 Å². The van der Waals surface area contributed by atoms with Crippen LogP contribution in [0.15, 0.2) is 42.5 Å². The van der Waals surface area contributed by atoms with Gasteiger partial charge in [-0.05, 0) is 42.7 Å². The zero-order chi connectivity index (χ0) is 17.9. The fourth-order valence-electron chi connectivity index (χ4n) is 3.15. The quantitative estimate of drug-likeness (QED) is 0.693. The predicted octanol–water partition coefficient (Wildman–Crippen LogP) is 5.17. The first kappa shape index (κ1) is 16.7. The van der Waals surface area contributed by atoms with Crippen LogP contribution in [0.1, 0.15) is 21.8 Å². The first-order valence-corrected chi connectivity index (χ1v) is 9.34. The van der Waals surface area contributed by atoms with Crippen molar-refractivity contribution in [3.8, 4) is 11.5 Å². The van der Waals surface area contributed by atoms with Crippen molar-refractivity contribution in [2.45, 2.75) is 12.8 Å². The lowest BCUT2D eigenvalue weighted by atomic mass is 10.1. The molecular formula is C21H20N2O2S. The molecule has 3 aromatic rings. The summed E-state index contributed by atoms with van der Waals surface area (Å²) in [6, 6.07) is 14.3. The first-order chi connectivity index (χ1) is 12.8. The Morgan fingerprint density at radius 2 is 1.88 bits per heavy atom. The zero-order valence-electron chi connectivity index (χ0n) is 14.8. The van der Waals surface area contributed by atoms with Gasteiger partial charge < -0.3 is 14.8 Å². The van der Waals surface area contributed by atoms with Crippen molar-refractivity contribution in [2.24, 2.45) is 0 Å². The van der Waals surface area contributed by atoms with Gasteiger partial charge in [0, 0.05) is 11.3 Å². The topological polar surface area (TPSA) is 43.4 Å². The molecule has 0 spiro atoms. The number of para-hydroxylation sites is 2. The highest BCUT2D eigenvalue weighted by Gasteiger charge is 2.16. The van der Waals surface area contributed by atoms with E-state index in [1.807, 2.05) is 30.4 Å². The van der Waals surface area contributed by atoms with Gasteiger partial charge in [-0.3, -0.25) is 0 Å². The van der Waals surface area contributed by atoms with Crippen molar-refractivity contribution in [3.05, 3.63) is 64.3 Å². The fraction of sp³-hybridized carbons (Fsp3) is 0.190. The summed E-state index contributed by atoms with van der Waals surface area (Å²) in [6.45, 7) is 0. The van der Waals surface area contributed by atoms with Crippen LogP contribution < -0.4 is 14.8 Å². The number of nitrogens with one attached hydrogen (secondary N) is 1. The van der Waals surface area contributed by atoms with E-state index < -0.39 is 0 Å². The second-order valence-corrected chi connectivity index (χ2v) is 7.06. The molecule has 0 amide bonds. The van der Waals surface area contributed by atoms with E-state index in [0.29, 0.717) is 0 Å². The molecule has 1 aromatic heterocycles. The Morgan fingerprint density at radius 1 is 1.00 bits per heavy atom. The van der Waals surface area contributed by atoms with Crippen molar-refractivity contribution in [1.82, 2.24) is 4.98 Å². The smallest absolute Gasteiger partial charge is 0.167 e. The number of fused-ring (bicyclic) bond motifs is 2. The molecule has 1 N–H and O–H groups in total. The van der Waals surface area contributed by atoms with E-state index in [9.17, 15) is 0 Å². The van der Waals surface area contributed by atoms with Crippen LogP contribution in [0.25, 0.3) is 12.2 Å². The summed E-state index contributed by atoms with van der Waals surface area (Å²) in [5.74, 6) is 1.46. The molecule has 26 heavy (non-hydrogen) atoms. The van der Waals surface area contributed by atoms with Crippen molar-refractivity contribution >= 4 is 34.2 Å². The van der Waals surface area contributed by atoms with Gasteiger partial charge in [0.25, 0.3) is 0 Å². The minimum absolute atomic E-state index is 0.725. The number of ether oxygens (including phenoxy) is 2. The summed E-state index contributed by atoms with van der Waals surface area (Å²) < 4.78 is 10.8. The largest absolute Gasteiger partial charge is 0.493 e.